The van der Waals surface area contributed by atoms with Crippen LogP contribution in [0.3, 0.4) is 0 Å². The summed E-state index contributed by atoms with van der Waals surface area (Å²) in [6, 6.07) is 7.50. The van der Waals surface area contributed by atoms with Crippen molar-refractivity contribution in [1.29, 1.82) is 0 Å². The molecule has 0 unspecified atom stereocenters. The van der Waals surface area contributed by atoms with Crippen molar-refractivity contribution in [3.8, 4) is 0 Å². The van der Waals surface area contributed by atoms with E-state index >= 15 is 0 Å². The molecule has 0 atom stereocenters. The Labute approximate surface area is 105 Å². The van der Waals surface area contributed by atoms with E-state index in [0.717, 1.165) is 16.6 Å². The molecule has 0 N–H and O–H groups in total. The zero-order valence-electron chi connectivity index (χ0n) is 9.51. The Balaban J connectivity index is 2.74. The molecule has 0 aliphatic heterocycles. The van der Waals surface area contributed by atoms with Crippen molar-refractivity contribution in [1.82, 2.24) is 4.98 Å². The molecular weight excluding hydrogens is 241 g/mol. The van der Waals surface area contributed by atoms with Crippen LogP contribution in [-0.4, -0.2) is 4.98 Å². The van der Waals surface area contributed by atoms with Gasteiger partial charge in [0, 0.05) is 21.5 Å². The molecule has 16 heavy (non-hydrogen) atoms. The molecule has 1 heterocycles. The molecule has 0 saturated heterocycles. The lowest BCUT2D eigenvalue weighted by Crippen LogP contribution is -2.13. The van der Waals surface area contributed by atoms with Crippen LogP contribution in [0.4, 0.5) is 0 Å². The summed E-state index contributed by atoms with van der Waals surface area (Å²) in [6.07, 6.45) is 0. The second kappa shape index (κ2) is 3.90. The van der Waals surface area contributed by atoms with Crippen molar-refractivity contribution in [2.24, 2.45) is 0 Å². The maximum absolute atomic E-state index is 6.24. The van der Waals surface area contributed by atoms with Gasteiger partial charge in [-0.3, -0.25) is 4.98 Å². The third kappa shape index (κ3) is 2.16. The summed E-state index contributed by atoms with van der Waals surface area (Å²) >= 11 is 12.2. The monoisotopic (exact) mass is 253 g/mol. The van der Waals surface area contributed by atoms with E-state index in [9.17, 15) is 0 Å². The molecular formula is C13H13Cl2N. The maximum atomic E-state index is 6.24. The number of aromatic nitrogens is 1. The fourth-order valence-electron chi connectivity index (χ4n) is 1.54. The van der Waals surface area contributed by atoms with E-state index in [1.807, 2.05) is 24.3 Å². The van der Waals surface area contributed by atoms with Gasteiger partial charge in [-0.15, -0.1) is 0 Å². The number of halogens is 2. The van der Waals surface area contributed by atoms with Gasteiger partial charge in [-0.1, -0.05) is 44.0 Å². The Morgan fingerprint density at radius 3 is 2.38 bits per heavy atom. The highest BCUT2D eigenvalue weighted by Crippen LogP contribution is 2.30. The van der Waals surface area contributed by atoms with Gasteiger partial charge in [0.1, 0.15) is 0 Å². The van der Waals surface area contributed by atoms with Gasteiger partial charge in [0.05, 0.1) is 10.5 Å². The Bertz CT molecular complexity index is 541. The Morgan fingerprint density at radius 1 is 1.06 bits per heavy atom. The van der Waals surface area contributed by atoms with Crippen molar-refractivity contribution in [2.75, 3.05) is 0 Å². The van der Waals surface area contributed by atoms with Crippen LogP contribution in [-0.2, 0) is 5.41 Å². The second-order valence-corrected chi connectivity index (χ2v) is 5.74. The molecule has 0 amide bonds. The van der Waals surface area contributed by atoms with Gasteiger partial charge in [0.15, 0.2) is 0 Å². The van der Waals surface area contributed by atoms with Gasteiger partial charge in [-0.2, -0.15) is 0 Å². The summed E-state index contributed by atoms with van der Waals surface area (Å²) in [5, 5.41) is 2.29. The summed E-state index contributed by atoms with van der Waals surface area (Å²) in [6.45, 7) is 6.36. The molecule has 0 fully saturated rings. The highest BCUT2D eigenvalue weighted by Gasteiger charge is 2.17. The van der Waals surface area contributed by atoms with Crippen LogP contribution in [0.15, 0.2) is 24.3 Å². The largest absolute Gasteiger partial charge is 0.252 e. The molecule has 84 valence electrons. The van der Waals surface area contributed by atoms with Gasteiger partial charge in [0.2, 0.25) is 0 Å². The van der Waals surface area contributed by atoms with Crippen molar-refractivity contribution in [3.63, 3.8) is 0 Å². The lowest BCUT2D eigenvalue weighted by molar-refractivity contribution is 0.571. The van der Waals surface area contributed by atoms with Gasteiger partial charge in [0.25, 0.3) is 0 Å². The molecule has 3 heteroatoms. The first kappa shape index (κ1) is 11.7. The molecule has 0 spiro atoms. The highest BCUT2D eigenvalue weighted by atomic mass is 35.5. The van der Waals surface area contributed by atoms with Crippen molar-refractivity contribution >= 4 is 34.1 Å². The molecule has 1 nitrogen and oxygen atoms in total. The Hall–Kier alpha value is -0.790. The van der Waals surface area contributed by atoms with E-state index in [4.69, 9.17) is 23.2 Å². The summed E-state index contributed by atoms with van der Waals surface area (Å²) in [7, 11) is 0. The molecule has 0 saturated carbocycles. The van der Waals surface area contributed by atoms with Crippen molar-refractivity contribution in [2.45, 2.75) is 26.2 Å². The van der Waals surface area contributed by atoms with E-state index < -0.39 is 0 Å². The van der Waals surface area contributed by atoms with Crippen LogP contribution in [0.5, 0.6) is 0 Å². The molecule has 1 aromatic carbocycles. The molecule has 0 bridgehead atoms. The third-order valence-electron chi connectivity index (χ3n) is 2.49. The van der Waals surface area contributed by atoms with Crippen molar-refractivity contribution in [3.05, 3.63) is 40.0 Å². The predicted octanol–water partition coefficient (Wildman–Crippen LogP) is 4.84. The average molecular weight is 254 g/mol. The topological polar surface area (TPSA) is 12.9 Å². The lowest BCUT2D eigenvalue weighted by Gasteiger charge is -2.18. The van der Waals surface area contributed by atoms with E-state index in [1.165, 1.54) is 0 Å². The number of hydrogen-bond donors (Lipinski definition) is 0. The summed E-state index contributed by atoms with van der Waals surface area (Å²) < 4.78 is 0. The maximum Gasteiger partial charge on any atom is 0.0721 e. The highest BCUT2D eigenvalue weighted by molar-refractivity contribution is 6.36. The van der Waals surface area contributed by atoms with Crippen LogP contribution < -0.4 is 0 Å². The smallest absolute Gasteiger partial charge is 0.0721 e. The fourth-order valence-corrected chi connectivity index (χ4v) is 1.97. The number of nitrogens with zero attached hydrogens (tertiary/aromatic N) is 1. The summed E-state index contributed by atoms with van der Waals surface area (Å²) in [4.78, 5) is 4.61. The summed E-state index contributed by atoms with van der Waals surface area (Å²) in [5.74, 6) is 0. The molecule has 2 aromatic rings. The van der Waals surface area contributed by atoms with E-state index in [1.54, 1.807) is 0 Å². The molecule has 0 aliphatic carbocycles. The third-order valence-corrected chi connectivity index (χ3v) is 3.04. The first-order valence-electron chi connectivity index (χ1n) is 5.14. The molecule has 0 aliphatic rings. The van der Waals surface area contributed by atoms with E-state index in [-0.39, 0.29) is 5.41 Å². The van der Waals surface area contributed by atoms with Crippen LogP contribution in [0.25, 0.3) is 10.9 Å². The van der Waals surface area contributed by atoms with Gasteiger partial charge >= 0.3 is 0 Å². The Morgan fingerprint density at radius 2 is 1.75 bits per heavy atom. The minimum absolute atomic E-state index is 0.00251. The van der Waals surface area contributed by atoms with Gasteiger partial charge < -0.3 is 0 Å². The van der Waals surface area contributed by atoms with Crippen LogP contribution in [0, 0.1) is 0 Å². The predicted molar refractivity (Wildman–Crippen MR) is 70.5 cm³/mol. The van der Waals surface area contributed by atoms with Crippen LogP contribution in [0.1, 0.15) is 26.5 Å². The summed E-state index contributed by atoms with van der Waals surface area (Å²) in [5.41, 5.74) is 1.88. The van der Waals surface area contributed by atoms with Crippen molar-refractivity contribution < 1.29 is 0 Å². The SMILES string of the molecule is CC(C)(C)c1cc(Cl)c2cc(Cl)ccc2n1. The first-order chi connectivity index (χ1) is 7.38. The fraction of sp³-hybridized carbons (Fsp3) is 0.308. The molecule has 1 aromatic heterocycles. The zero-order valence-corrected chi connectivity index (χ0v) is 11.0. The zero-order chi connectivity index (χ0) is 11.9. The van der Waals surface area contributed by atoms with E-state index in [0.29, 0.717) is 10.0 Å². The van der Waals surface area contributed by atoms with Gasteiger partial charge in [-0.05, 0) is 24.3 Å². The number of fused-ring (bicyclic) bond motifs is 1. The lowest BCUT2D eigenvalue weighted by atomic mass is 9.91. The van der Waals surface area contributed by atoms with Gasteiger partial charge in [-0.25, -0.2) is 0 Å². The first-order valence-corrected chi connectivity index (χ1v) is 5.90. The molecule has 0 radical (unpaired) electrons. The Kier molecular flexibility index (Phi) is 2.85. The quantitative estimate of drug-likeness (QED) is 0.655. The number of benzene rings is 1. The minimum atomic E-state index is -0.00251. The minimum Gasteiger partial charge on any atom is -0.252 e. The number of hydrogen-bond acceptors (Lipinski definition) is 1. The normalized spacial score (nSPS) is 12.1. The standard InChI is InChI=1S/C13H13Cl2N/c1-13(2,3)12-7-10(15)9-6-8(14)4-5-11(9)16-12/h4-7H,1-3H3. The van der Waals surface area contributed by atoms with Crippen LogP contribution >= 0.6 is 23.2 Å². The van der Waals surface area contributed by atoms with Crippen LogP contribution in [0.2, 0.25) is 10.0 Å². The average Bonchev–Trinajstić information content (AvgIpc) is 2.17. The number of pyridine rings is 1. The second-order valence-electron chi connectivity index (χ2n) is 4.90. The number of rotatable bonds is 0. The van der Waals surface area contributed by atoms with E-state index in [2.05, 4.69) is 25.8 Å². The molecule has 2 rings (SSSR count).